The fourth-order valence-electron chi connectivity index (χ4n) is 3.13. The highest BCUT2D eigenvalue weighted by Crippen LogP contribution is 2.50. The Labute approximate surface area is 207 Å². The minimum atomic E-state index is -4.90. The number of hydrogen-bond acceptors (Lipinski definition) is 5. The molecule has 2 unspecified atom stereocenters. The van der Waals surface area contributed by atoms with Crippen molar-refractivity contribution in [2.75, 3.05) is 18.5 Å². The molecule has 3 aromatic rings. The number of nitrogens with zero attached hydrogens (tertiary/aromatic N) is 1. The molecule has 0 heterocycles. The van der Waals surface area contributed by atoms with E-state index in [1.807, 2.05) is 0 Å². The number of rotatable bonds is 10. The van der Waals surface area contributed by atoms with Crippen molar-refractivity contribution >= 4 is 29.1 Å². The third-order valence-corrected chi connectivity index (χ3v) is 6.55. The van der Waals surface area contributed by atoms with Gasteiger partial charge >= 0.3 is 6.18 Å². The summed E-state index contributed by atoms with van der Waals surface area (Å²) in [5, 5.41) is 5.62. The first-order valence-electron chi connectivity index (χ1n) is 10.2. The number of ether oxygens (including phenoxy) is 1. The van der Waals surface area contributed by atoms with Gasteiger partial charge in [-0.25, -0.2) is 9.48 Å². The van der Waals surface area contributed by atoms with Gasteiger partial charge in [-0.15, -0.1) is 4.91 Å². The monoisotopic (exact) mass is 574 g/mol. The highest BCUT2D eigenvalue weighted by molar-refractivity contribution is 9.09. The van der Waals surface area contributed by atoms with Crippen molar-refractivity contribution in [3.8, 4) is 22.6 Å². The van der Waals surface area contributed by atoms with Crippen LogP contribution in [0, 0.1) is 10.7 Å². The lowest BCUT2D eigenvalue weighted by molar-refractivity contribution is -0.197. The van der Waals surface area contributed by atoms with Gasteiger partial charge in [-0.05, 0) is 58.3 Å². The van der Waals surface area contributed by atoms with E-state index in [1.165, 1.54) is 12.1 Å². The summed E-state index contributed by atoms with van der Waals surface area (Å²) in [5.74, 6) is -0.381. The highest BCUT2D eigenvalue weighted by Gasteiger charge is 2.45. The van der Waals surface area contributed by atoms with Gasteiger partial charge in [0.15, 0.2) is 17.5 Å². The normalized spacial score (nSPS) is 14.2. The maximum absolute atomic E-state index is 13.8. The molecule has 0 amide bonds. The molecule has 0 aliphatic rings. The first kappa shape index (κ1) is 27.0. The van der Waals surface area contributed by atoms with Crippen LogP contribution in [0.1, 0.15) is 11.7 Å². The molecule has 0 fully saturated rings. The molecule has 1 N–H and O–H groups in total. The lowest BCUT2D eigenvalue weighted by Gasteiger charge is -2.25. The molecule has 0 aliphatic heterocycles. The summed E-state index contributed by atoms with van der Waals surface area (Å²) in [7, 11) is -3.81. The Morgan fingerprint density at radius 1 is 1.03 bits per heavy atom. The molecule has 186 valence electrons. The SMILES string of the molecule is CP(=O)(NCCBr)OC(c1ccc(N=O)c(Oc2ccc(-c3ccc(F)cc3)cc2)c1)C(F)(F)F. The Morgan fingerprint density at radius 3 is 2.17 bits per heavy atom. The van der Waals surface area contributed by atoms with E-state index in [9.17, 15) is 27.0 Å². The molecular formula is C23H20BrF4N2O4P. The van der Waals surface area contributed by atoms with Crippen LogP contribution in [-0.4, -0.2) is 24.7 Å². The second-order valence-corrected chi connectivity index (χ2v) is 10.4. The summed E-state index contributed by atoms with van der Waals surface area (Å²) in [6.45, 7) is 1.18. The van der Waals surface area contributed by atoms with Crippen LogP contribution in [0.3, 0.4) is 0 Å². The van der Waals surface area contributed by atoms with E-state index in [2.05, 4.69) is 26.2 Å². The number of hydrogen-bond donors (Lipinski definition) is 1. The van der Waals surface area contributed by atoms with Gasteiger partial charge < -0.3 is 4.74 Å². The molecule has 6 nitrogen and oxygen atoms in total. The Balaban J connectivity index is 1.89. The first-order chi connectivity index (χ1) is 16.5. The van der Waals surface area contributed by atoms with Crippen LogP contribution in [-0.2, 0) is 9.09 Å². The summed E-state index contributed by atoms with van der Waals surface area (Å²) in [6, 6.07) is 15.3. The lowest BCUT2D eigenvalue weighted by atomic mass is 10.1. The zero-order valence-electron chi connectivity index (χ0n) is 18.3. The Hall–Kier alpha value is -2.59. The Bertz CT molecular complexity index is 1210. The highest BCUT2D eigenvalue weighted by atomic mass is 79.9. The number of nitroso groups, excluding NO2 is 1. The fourth-order valence-corrected chi connectivity index (χ4v) is 4.87. The van der Waals surface area contributed by atoms with Gasteiger partial charge in [0.25, 0.3) is 7.52 Å². The van der Waals surface area contributed by atoms with Gasteiger partial charge in [0, 0.05) is 18.5 Å². The minimum absolute atomic E-state index is 0.134. The molecule has 0 radical (unpaired) electrons. The van der Waals surface area contributed by atoms with Crippen LogP contribution in [0.15, 0.2) is 71.9 Å². The van der Waals surface area contributed by atoms with E-state index < -0.39 is 25.4 Å². The van der Waals surface area contributed by atoms with E-state index in [1.54, 1.807) is 36.4 Å². The van der Waals surface area contributed by atoms with Crippen molar-refractivity contribution in [3.05, 3.63) is 83.0 Å². The average molecular weight is 575 g/mol. The molecule has 2 atom stereocenters. The van der Waals surface area contributed by atoms with Gasteiger partial charge in [-0.3, -0.25) is 9.09 Å². The maximum atomic E-state index is 13.8. The zero-order chi connectivity index (χ0) is 25.6. The second kappa shape index (κ2) is 11.4. The van der Waals surface area contributed by atoms with Crippen LogP contribution < -0.4 is 9.82 Å². The van der Waals surface area contributed by atoms with Gasteiger partial charge in [0.2, 0.25) is 0 Å². The molecule has 0 saturated heterocycles. The summed E-state index contributed by atoms with van der Waals surface area (Å²) >= 11 is 3.10. The van der Waals surface area contributed by atoms with Crippen LogP contribution in [0.5, 0.6) is 11.5 Å². The van der Waals surface area contributed by atoms with Crippen molar-refractivity contribution in [2.45, 2.75) is 12.3 Å². The molecular weight excluding hydrogens is 555 g/mol. The van der Waals surface area contributed by atoms with E-state index in [-0.39, 0.29) is 29.5 Å². The van der Waals surface area contributed by atoms with Gasteiger partial charge in [0.1, 0.15) is 11.6 Å². The van der Waals surface area contributed by atoms with Crippen molar-refractivity contribution in [3.63, 3.8) is 0 Å². The molecule has 12 heteroatoms. The topological polar surface area (TPSA) is 77.0 Å². The van der Waals surface area contributed by atoms with Crippen LogP contribution in [0.2, 0.25) is 0 Å². The second-order valence-electron chi connectivity index (χ2n) is 7.42. The molecule has 35 heavy (non-hydrogen) atoms. The third kappa shape index (κ3) is 7.44. The predicted molar refractivity (Wildman–Crippen MR) is 129 cm³/mol. The van der Waals surface area contributed by atoms with Gasteiger partial charge in [-0.2, -0.15) is 13.2 Å². The van der Waals surface area contributed by atoms with Gasteiger partial charge in [-0.1, -0.05) is 46.3 Å². The van der Waals surface area contributed by atoms with E-state index in [4.69, 9.17) is 9.26 Å². The summed E-state index contributed by atoms with van der Waals surface area (Å²) in [6.07, 6.45) is -7.43. The van der Waals surface area contributed by atoms with Crippen LogP contribution in [0.4, 0.5) is 23.2 Å². The third-order valence-electron chi connectivity index (χ3n) is 4.74. The number of halogens is 5. The first-order valence-corrected chi connectivity index (χ1v) is 13.4. The Morgan fingerprint density at radius 2 is 1.63 bits per heavy atom. The minimum Gasteiger partial charge on any atom is -0.455 e. The van der Waals surface area contributed by atoms with Gasteiger partial charge in [0.05, 0.1) is 0 Å². The molecule has 3 aromatic carbocycles. The average Bonchev–Trinajstić information content (AvgIpc) is 2.82. The Kier molecular flexibility index (Phi) is 8.82. The van der Waals surface area contributed by atoms with E-state index >= 15 is 0 Å². The summed E-state index contributed by atoms with van der Waals surface area (Å²) in [5.41, 5.74) is 0.859. The lowest BCUT2D eigenvalue weighted by Crippen LogP contribution is -2.25. The molecule has 0 saturated carbocycles. The molecule has 0 spiro atoms. The molecule has 3 rings (SSSR count). The predicted octanol–water partition coefficient (Wildman–Crippen LogP) is 8.11. The largest absolute Gasteiger partial charge is 0.455 e. The number of nitrogens with one attached hydrogen (secondary N) is 1. The van der Waals surface area contributed by atoms with Crippen molar-refractivity contribution in [1.29, 1.82) is 0 Å². The van der Waals surface area contributed by atoms with Crippen LogP contribution in [0.25, 0.3) is 11.1 Å². The van der Waals surface area contributed by atoms with Crippen molar-refractivity contribution < 1.29 is 31.4 Å². The standard InChI is InChI=1S/C23H20BrF4N2O4P/c1-35(32,29-13-12-24)34-22(23(26,27)28)17-6-11-20(30-31)21(14-17)33-19-9-4-16(5-10-19)15-2-7-18(25)8-3-15/h2-11,14,22H,12-13H2,1H3,(H,29,32). The zero-order valence-corrected chi connectivity index (χ0v) is 20.7. The van der Waals surface area contributed by atoms with E-state index in [0.717, 1.165) is 36.0 Å². The molecule has 0 bridgehead atoms. The van der Waals surface area contributed by atoms with Crippen LogP contribution >= 0.6 is 23.4 Å². The molecule has 0 aromatic heterocycles. The van der Waals surface area contributed by atoms with E-state index in [0.29, 0.717) is 5.33 Å². The summed E-state index contributed by atoms with van der Waals surface area (Å²) in [4.78, 5) is 11.2. The van der Waals surface area contributed by atoms with Crippen molar-refractivity contribution in [1.82, 2.24) is 5.09 Å². The molecule has 0 aliphatic carbocycles. The number of benzene rings is 3. The van der Waals surface area contributed by atoms with Crippen molar-refractivity contribution in [2.24, 2.45) is 5.18 Å². The maximum Gasteiger partial charge on any atom is 0.419 e. The fraction of sp³-hybridized carbons (Fsp3) is 0.217. The smallest absolute Gasteiger partial charge is 0.419 e. The summed E-state index contributed by atoms with van der Waals surface area (Å²) < 4.78 is 77.6. The quantitative estimate of drug-likeness (QED) is 0.114. The number of alkyl halides is 4.